The summed E-state index contributed by atoms with van der Waals surface area (Å²) in [5, 5.41) is 0. The summed E-state index contributed by atoms with van der Waals surface area (Å²) in [6, 6.07) is 2.38. The van der Waals surface area contributed by atoms with E-state index in [4.69, 9.17) is 4.74 Å². The number of benzene rings is 1. The summed E-state index contributed by atoms with van der Waals surface area (Å²) in [4.78, 5) is 0. The topological polar surface area (TPSA) is 18.5 Å². The number of hydrogen-bond acceptors (Lipinski definition) is 2. The third kappa shape index (κ3) is 2.38. The van der Waals surface area contributed by atoms with Gasteiger partial charge in [-0.2, -0.15) is 0 Å². The number of ether oxygens (including phenoxy) is 2. The second-order valence-corrected chi connectivity index (χ2v) is 3.08. The lowest BCUT2D eigenvalue weighted by molar-refractivity contribution is 0.0451. The Bertz CT molecular complexity index is 304. The molecule has 2 nitrogen and oxygen atoms in total. The second-order valence-electron chi connectivity index (χ2n) is 2.22. The first-order chi connectivity index (χ1) is 6.16. The lowest BCUT2D eigenvalue weighted by Gasteiger charge is -2.07. The Balaban J connectivity index is 2.96. The molecule has 72 valence electrons. The molecule has 0 spiro atoms. The molecule has 13 heavy (non-hydrogen) atoms. The van der Waals surface area contributed by atoms with Crippen LogP contribution in [0.15, 0.2) is 16.6 Å². The second kappa shape index (κ2) is 4.53. The van der Waals surface area contributed by atoms with Gasteiger partial charge in [0.2, 0.25) is 0 Å². The molecule has 0 aliphatic rings. The normalized spacial score (nSPS) is 10.2. The van der Waals surface area contributed by atoms with Crippen molar-refractivity contribution < 1.29 is 18.3 Å². The van der Waals surface area contributed by atoms with E-state index < -0.39 is 17.4 Å². The minimum atomic E-state index is -0.767. The van der Waals surface area contributed by atoms with Gasteiger partial charge in [0, 0.05) is 7.11 Å². The Kier molecular flexibility index (Phi) is 3.62. The first-order valence-electron chi connectivity index (χ1n) is 3.42. The molecule has 0 amide bonds. The van der Waals surface area contributed by atoms with Crippen molar-refractivity contribution in [1.82, 2.24) is 0 Å². The van der Waals surface area contributed by atoms with E-state index in [2.05, 4.69) is 20.7 Å². The zero-order valence-electron chi connectivity index (χ0n) is 6.81. The monoisotopic (exact) mass is 252 g/mol. The molecular formula is C8H7BrF2O2. The summed E-state index contributed by atoms with van der Waals surface area (Å²) in [6.07, 6.45) is 0. The van der Waals surface area contributed by atoms with Crippen molar-refractivity contribution in [2.75, 3.05) is 13.9 Å². The van der Waals surface area contributed by atoms with Crippen molar-refractivity contribution in [3.63, 3.8) is 0 Å². The van der Waals surface area contributed by atoms with Crippen molar-refractivity contribution >= 4 is 15.9 Å². The molecule has 1 aromatic carbocycles. The zero-order valence-corrected chi connectivity index (χ0v) is 8.40. The summed E-state index contributed by atoms with van der Waals surface area (Å²) in [7, 11) is 1.37. The van der Waals surface area contributed by atoms with Gasteiger partial charge in [0.15, 0.2) is 24.2 Å². The predicted molar refractivity (Wildman–Crippen MR) is 46.6 cm³/mol. The van der Waals surface area contributed by atoms with Gasteiger partial charge in [-0.25, -0.2) is 8.78 Å². The van der Waals surface area contributed by atoms with Crippen molar-refractivity contribution in [2.24, 2.45) is 0 Å². The molecule has 0 aliphatic carbocycles. The summed E-state index contributed by atoms with van der Waals surface area (Å²) in [6.45, 7) is -0.190. The Morgan fingerprint density at radius 2 is 2.08 bits per heavy atom. The molecule has 0 bridgehead atoms. The first-order valence-corrected chi connectivity index (χ1v) is 4.21. The van der Waals surface area contributed by atoms with Gasteiger partial charge in [0.1, 0.15) is 0 Å². The highest BCUT2D eigenvalue weighted by atomic mass is 79.9. The molecule has 5 heteroatoms. The minimum Gasteiger partial charge on any atom is -0.461 e. The van der Waals surface area contributed by atoms with Crippen molar-refractivity contribution in [3.05, 3.63) is 28.2 Å². The summed E-state index contributed by atoms with van der Waals surface area (Å²) >= 11 is 2.91. The molecule has 0 aromatic heterocycles. The summed E-state index contributed by atoms with van der Waals surface area (Å²) in [5.41, 5.74) is 0. The van der Waals surface area contributed by atoms with Crippen LogP contribution in [0.1, 0.15) is 0 Å². The van der Waals surface area contributed by atoms with E-state index in [-0.39, 0.29) is 11.3 Å². The SMILES string of the molecule is COCOc1c(F)ccc(Br)c1F. The fraction of sp³-hybridized carbons (Fsp3) is 0.250. The third-order valence-electron chi connectivity index (χ3n) is 1.32. The van der Waals surface area contributed by atoms with E-state index >= 15 is 0 Å². The van der Waals surface area contributed by atoms with Gasteiger partial charge < -0.3 is 9.47 Å². The van der Waals surface area contributed by atoms with Crippen molar-refractivity contribution in [3.8, 4) is 5.75 Å². The quantitative estimate of drug-likeness (QED) is 0.609. The lowest BCUT2D eigenvalue weighted by Crippen LogP contribution is -2.03. The lowest BCUT2D eigenvalue weighted by atomic mass is 10.3. The van der Waals surface area contributed by atoms with E-state index in [1.165, 1.54) is 13.2 Å². The van der Waals surface area contributed by atoms with Crippen LogP contribution in [0.5, 0.6) is 5.75 Å². The van der Waals surface area contributed by atoms with Crippen LogP contribution in [0, 0.1) is 11.6 Å². The molecule has 1 rings (SSSR count). The molecule has 0 saturated carbocycles. The Labute approximate surface area is 82.6 Å². The average molecular weight is 253 g/mol. The smallest absolute Gasteiger partial charge is 0.194 e. The molecule has 0 unspecified atom stereocenters. The summed E-state index contributed by atoms with van der Waals surface area (Å²) in [5.74, 6) is -1.95. The maximum Gasteiger partial charge on any atom is 0.194 e. The van der Waals surface area contributed by atoms with Gasteiger partial charge in [-0.05, 0) is 28.1 Å². The van der Waals surface area contributed by atoms with Gasteiger partial charge in [0.05, 0.1) is 4.47 Å². The Hall–Kier alpha value is -0.680. The molecule has 0 atom stereocenters. The van der Waals surface area contributed by atoms with E-state index in [0.29, 0.717) is 0 Å². The Morgan fingerprint density at radius 3 is 2.69 bits per heavy atom. The maximum atomic E-state index is 13.1. The van der Waals surface area contributed by atoms with Crippen LogP contribution >= 0.6 is 15.9 Å². The molecule has 0 saturated heterocycles. The van der Waals surface area contributed by atoms with E-state index in [1.807, 2.05) is 0 Å². The van der Waals surface area contributed by atoms with Gasteiger partial charge in [-0.15, -0.1) is 0 Å². The molecule has 0 heterocycles. The number of methoxy groups -OCH3 is 1. The molecule has 1 aromatic rings. The standard InChI is InChI=1S/C8H7BrF2O2/c1-12-4-13-8-6(10)3-2-5(9)7(8)11/h2-3H,4H2,1H3. The van der Waals surface area contributed by atoms with Gasteiger partial charge >= 0.3 is 0 Å². The highest BCUT2D eigenvalue weighted by Gasteiger charge is 2.13. The predicted octanol–water partition coefficient (Wildman–Crippen LogP) is 2.71. The maximum absolute atomic E-state index is 13.1. The van der Waals surface area contributed by atoms with Crippen LogP contribution in [0.4, 0.5) is 8.78 Å². The Morgan fingerprint density at radius 1 is 1.38 bits per heavy atom. The van der Waals surface area contributed by atoms with E-state index in [0.717, 1.165) is 6.07 Å². The van der Waals surface area contributed by atoms with Gasteiger partial charge in [-0.3, -0.25) is 0 Å². The van der Waals surface area contributed by atoms with Crippen LogP contribution in [0.3, 0.4) is 0 Å². The van der Waals surface area contributed by atoms with Crippen LogP contribution < -0.4 is 4.74 Å². The minimum absolute atomic E-state index is 0.153. The average Bonchev–Trinajstić information content (AvgIpc) is 2.12. The van der Waals surface area contributed by atoms with Crippen molar-refractivity contribution in [1.29, 1.82) is 0 Å². The highest BCUT2D eigenvalue weighted by Crippen LogP contribution is 2.27. The summed E-state index contributed by atoms with van der Waals surface area (Å²) < 4.78 is 35.4. The molecular weight excluding hydrogens is 246 g/mol. The first kappa shape index (κ1) is 10.4. The number of rotatable bonds is 3. The zero-order chi connectivity index (χ0) is 9.84. The fourth-order valence-corrected chi connectivity index (χ4v) is 1.07. The molecule has 0 N–H and O–H groups in total. The van der Waals surface area contributed by atoms with Crippen LogP contribution in [0.2, 0.25) is 0 Å². The van der Waals surface area contributed by atoms with Crippen LogP contribution in [0.25, 0.3) is 0 Å². The largest absolute Gasteiger partial charge is 0.461 e. The molecule has 0 aliphatic heterocycles. The molecule has 0 fully saturated rings. The van der Waals surface area contributed by atoms with E-state index in [1.54, 1.807) is 0 Å². The van der Waals surface area contributed by atoms with Crippen molar-refractivity contribution in [2.45, 2.75) is 0 Å². The van der Waals surface area contributed by atoms with Crippen LogP contribution in [-0.4, -0.2) is 13.9 Å². The van der Waals surface area contributed by atoms with Gasteiger partial charge in [0.25, 0.3) is 0 Å². The fourth-order valence-electron chi connectivity index (χ4n) is 0.759. The van der Waals surface area contributed by atoms with Gasteiger partial charge in [-0.1, -0.05) is 0 Å². The number of halogens is 3. The van der Waals surface area contributed by atoms with E-state index in [9.17, 15) is 8.78 Å². The van der Waals surface area contributed by atoms with Crippen LogP contribution in [-0.2, 0) is 4.74 Å². The third-order valence-corrected chi connectivity index (χ3v) is 1.94. The highest BCUT2D eigenvalue weighted by molar-refractivity contribution is 9.10. The number of hydrogen-bond donors (Lipinski definition) is 0. The molecule has 0 radical (unpaired) electrons.